The number of halogens is 1. The fourth-order valence-electron chi connectivity index (χ4n) is 3.34. The Morgan fingerprint density at radius 3 is 2.43 bits per heavy atom. The van der Waals surface area contributed by atoms with Gasteiger partial charge in [0.15, 0.2) is 0 Å². The molecule has 3 rings (SSSR count). The van der Waals surface area contributed by atoms with Gasteiger partial charge in [-0.2, -0.15) is 0 Å². The summed E-state index contributed by atoms with van der Waals surface area (Å²) < 4.78 is 0. The SMILES string of the molecule is O=C(CNC(=O)c1cc(Cl)ccn1)NCc1ccc(C[NH+]2CCCCC2)cc1. The molecule has 0 radical (unpaired) electrons. The van der Waals surface area contributed by atoms with E-state index in [0.29, 0.717) is 11.6 Å². The minimum absolute atomic E-state index is 0.108. The van der Waals surface area contributed by atoms with E-state index < -0.39 is 5.91 Å². The van der Waals surface area contributed by atoms with Crippen LogP contribution in [0.25, 0.3) is 0 Å². The van der Waals surface area contributed by atoms with Crippen LogP contribution in [0, 0.1) is 0 Å². The third-order valence-electron chi connectivity index (χ3n) is 4.89. The lowest BCUT2D eigenvalue weighted by Crippen LogP contribution is -3.11. The summed E-state index contributed by atoms with van der Waals surface area (Å²) in [6, 6.07) is 11.4. The molecule has 1 aliphatic rings. The van der Waals surface area contributed by atoms with Gasteiger partial charge in [0.25, 0.3) is 5.91 Å². The van der Waals surface area contributed by atoms with E-state index in [2.05, 4.69) is 27.8 Å². The molecule has 1 fully saturated rings. The second-order valence-electron chi connectivity index (χ2n) is 7.12. The van der Waals surface area contributed by atoms with Crippen molar-refractivity contribution in [3.8, 4) is 0 Å². The molecule has 0 bridgehead atoms. The summed E-state index contributed by atoms with van der Waals surface area (Å²) in [5.74, 6) is -0.681. The molecule has 2 aromatic rings. The second-order valence-corrected chi connectivity index (χ2v) is 7.56. The van der Waals surface area contributed by atoms with Crippen molar-refractivity contribution in [2.24, 2.45) is 0 Å². The van der Waals surface area contributed by atoms with E-state index in [-0.39, 0.29) is 18.1 Å². The number of quaternary nitrogens is 1. The van der Waals surface area contributed by atoms with Crippen molar-refractivity contribution in [2.45, 2.75) is 32.4 Å². The third-order valence-corrected chi connectivity index (χ3v) is 5.13. The molecular weight excluding hydrogens is 376 g/mol. The maximum absolute atomic E-state index is 12.0. The number of rotatable bonds is 7. The molecule has 1 saturated heterocycles. The lowest BCUT2D eigenvalue weighted by molar-refractivity contribution is -0.918. The topological polar surface area (TPSA) is 75.5 Å². The molecular formula is C21H26ClN4O2+. The monoisotopic (exact) mass is 401 g/mol. The van der Waals surface area contributed by atoms with Crippen LogP contribution in [0.1, 0.15) is 40.9 Å². The molecule has 1 aromatic carbocycles. The fourth-order valence-corrected chi connectivity index (χ4v) is 3.50. The third kappa shape index (κ3) is 6.32. The lowest BCUT2D eigenvalue weighted by atomic mass is 10.1. The van der Waals surface area contributed by atoms with Crippen molar-refractivity contribution in [1.29, 1.82) is 0 Å². The molecule has 0 aliphatic carbocycles. The van der Waals surface area contributed by atoms with Gasteiger partial charge in [0.1, 0.15) is 12.2 Å². The van der Waals surface area contributed by atoms with Crippen LogP contribution in [0.15, 0.2) is 42.6 Å². The molecule has 2 amide bonds. The number of amides is 2. The number of carbonyl (C=O) groups excluding carboxylic acids is 2. The van der Waals surface area contributed by atoms with Gasteiger partial charge in [0, 0.05) is 23.3 Å². The van der Waals surface area contributed by atoms with Gasteiger partial charge in [-0.3, -0.25) is 14.6 Å². The quantitative estimate of drug-likeness (QED) is 0.655. The maximum Gasteiger partial charge on any atom is 0.270 e. The van der Waals surface area contributed by atoms with Gasteiger partial charge in [-0.15, -0.1) is 0 Å². The number of likely N-dealkylation sites (tertiary alicyclic amines) is 1. The minimum Gasteiger partial charge on any atom is -0.350 e. The first-order valence-electron chi connectivity index (χ1n) is 9.68. The van der Waals surface area contributed by atoms with Gasteiger partial charge in [0.05, 0.1) is 19.6 Å². The van der Waals surface area contributed by atoms with Crippen LogP contribution >= 0.6 is 11.6 Å². The molecule has 28 heavy (non-hydrogen) atoms. The molecule has 0 atom stereocenters. The molecule has 1 aromatic heterocycles. The molecule has 0 spiro atoms. The predicted octanol–water partition coefficient (Wildman–Crippen LogP) is 1.35. The van der Waals surface area contributed by atoms with Gasteiger partial charge in [-0.1, -0.05) is 35.9 Å². The number of hydrogen-bond donors (Lipinski definition) is 3. The summed E-state index contributed by atoms with van der Waals surface area (Å²) in [4.78, 5) is 29.5. The Bertz CT molecular complexity index is 804. The molecule has 1 aliphatic heterocycles. The standard InChI is InChI=1S/C21H25ClN4O2/c22-18-8-9-23-19(12-18)21(28)25-14-20(27)24-13-16-4-6-17(7-5-16)15-26-10-2-1-3-11-26/h4-9,12H,1-3,10-11,13-15H2,(H,24,27)(H,25,28)/p+1. The largest absolute Gasteiger partial charge is 0.350 e. The van der Waals surface area contributed by atoms with Crippen LogP contribution < -0.4 is 15.5 Å². The highest BCUT2D eigenvalue weighted by atomic mass is 35.5. The Hall–Kier alpha value is -2.44. The Labute approximate surface area is 170 Å². The van der Waals surface area contributed by atoms with Crippen LogP contribution in [-0.4, -0.2) is 36.4 Å². The number of benzene rings is 1. The van der Waals surface area contributed by atoms with E-state index in [0.717, 1.165) is 12.1 Å². The first-order chi connectivity index (χ1) is 13.6. The van der Waals surface area contributed by atoms with Crippen LogP contribution in [0.3, 0.4) is 0 Å². The Balaban J connectivity index is 1.39. The molecule has 7 heteroatoms. The summed E-state index contributed by atoms with van der Waals surface area (Å²) in [5.41, 5.74) is 2.55. The zero-order valence-electron chi connectivity index (χ0n) is 15.8. The van der Waals surface area contributed by atoms with Crippen molar-refractivity contribution in [1.82, 2.24) is 15.6 Å². The van der Waals surface area contributed by atoms with E-state index in [1.54, 1.807) is 11.0 Å². The summed E-state index contributed by atoms with van der Waals surface area (Å²) in [7, 11) is 0. The predicted molar refractivity (Wildman–Crippen MR) is 108 cm³/mol. The smallest absolute Gasteiger partial charge is 0.270 e. The zero-order valence-corrected chi connectivity index (χ0v) is 16.6. The number of aromatic nitrogens is 1. The number of carbonyl (C=O) groups is 2. The number of pyridine rings is 1. The van der Waals surface area contributed by atoms with E-state index >= 15 is 0 Å². The van der Waals surface area contributed by atoms with Crippen LogP contribution in [-0.2, 0) is 17.9 Å². The van der Waals surface area contributed by atoms with Gasteiger partial charge < -0.3 is 15.5 Å². The Morgan fingerprint density at radius 1 is 1.00 bits per heavy atom. The summed E-state index contributed by atoms with van der Waals surface area (Å²) >= 11 is 5.83. The number of nitrogens with one attached hydrogen (secondary N) is 3. The van der Waals surface area contributed by atoms with Gasteiger partial charge in [-0.05, 0) is 37.0 Å². The van der Waals surface area contributed by atoms with Crippen LogP contribution in [0.2, 0.25) is 5.02 Å². The van der Waals surface area contributed by atoms with Crippen LogP contribution in [0.4, 0.5) is 0 Å². The van der Waals surface area contributed by atoms with Crippen molar-refractivity contribution >= 4 is 23.4 Å². The van der Waals surface area contributed by atoms with Crippen molar-refractivity contribution in [3.63, 3.8) is 0 Å². The number of piperidine rings is 1. The molecule has 3 N–H and O–H groups in total. The van der Waals surface area contributed by atoms with Gasteiger partial charge in [-0.25, -0.2) is 0 Å². The van der Waals surface area contributed by atoms with E-state index in [1.807, 2.05) is 12.1 Å². The van der Waals surface area contributed by atoms with Gasteiger partial charge >= 0.3 is 0 Å². The first kappa shape index (κ1) is 20.3. The molecule has 6 nitrogen and oxygen atoms in total. The summed E-state index contributed by atoms with van der Waals surface area (Å²) in [6.07, 6.45) is 5.46. The van der Waals surface area contributed by atoms with E-state index in [9.17, 15) is 9.59 Å². The zero-order chi connectivity index (χ0) is 19.8. The fraction of sp³-hybridized carbons (Fsp3) is 0.381. The number of hydrogen-bond acceptors (Lipinski definition) is 3. The molecule has 0 saturated carbocycles. The van der Waals surface area contributed by atoms with Crippen LogP contribution in [0.5, 0.6) is 0 Å². The van der Waals surface area contributed by atoms with Crippen molar-refractivity contribution in [2.75, 3.05) is 19.6 Å². The van der Waals surface area contributed by atoms with Gasteiger partial charge in [0.2, 0.25) is 5.91 Å². The molecule has 148 valence electrons. The summed E-state index contributed by atoms with van der Waals surface area (Å²) in [5, 5.41) is 5.78. The van der Waals surface area contributed by atoms with E-state index in [4.69, 9.17) is 11.6 Å². The minimum atomic E-state index is -0.429. The van der Waals surface area contributed by atoms with Crippen molar-refractivity contribution < 1.29 is 14.5 Å². The maximum atomic E-state index is 12.0. The average molecular weight is 402 g/mol. The first-order valence-corrected chi connectivity index (χ1v) is 10.1. The highest BCUT2D eigenvalue weighted by Crippen LogP contribution is 2.07. The molecule has 2 heterocycles. The average Bonchev–Trinajstić information content (AvgIpc) is 2.72. The summed E-state index contributed by atoms with van der Waals surface area (Å²) in [6.45, 7) is 3.91. The normalized spacial score (nSPS) is 14.5. The molecule has 0 unspecified atom stereocenters. The number of nitrogens with zero attached hydrogens (tertiary/aromatic N) is 1. The van der Waals surface area contributed by atoms with Crippen molar-refractivity contribution in [3.05, 3.63) is 64.4 Å². The Morgan fingerprint density at radius 2 is 1.71 bits per heavy atom. The second kappa shape index (κ2) is 10.2. The highest BCUT2D eigenvalue weighted by Gasteiger charge is 2.14. The van der Waals surface area contributed by atoms with E-state index in [1.165, 1.54) is 50.2 Å². The Kier molecular flexibility index (Phi) is 7.39. The highest BCUT2D eigenvalue weighted by molar-refractivity contribution is 6.30. The lowest BCUT2D eigenvalue weighted by Gasteiger charge is -2.23.